The molecule has 2 heterocycles. The minimum absolute atomic E-state index is 0.213. The third kappa shape index (κ3) is 4.37. The molecule has 0 radical (unpaired) electrons. The van der Waals surface area contributed by atoms with Crippen molar-refractivity contribution < 1.29 is 14.0 Å². The van der Waals surface area contributed by atoms with Crippen LogP contribution in [0.4, 0.5) is 10.8 Å². The van der Waals surface area contributed by atoms with Gasteiger partial charge in [0.2, 0.25) is 0 Å². The molecule has 2 N–H and O–H groups in total. The number of benzene rings is 2. The van der Waals surface area contributed by atoms with E-state index in [1.165, 1.54) is 17.6 Å². The van der Waals surface area contributed by atoms with Gasteiger partial charge >= 0.3 is 0 Å². The van der Waals surface area contributed by atoms with Crippen molar-refractivity contribution in [3.05, 3.63) is 88.7 Å². The lowest BCUT2D eigenvalue weighted by atomic mass is 10.2. The molecule has 29 heavy (non-hydrogen) atoms. The Morgan fingerprint density at radius 3 is 2.45 bits per heavy atom. The molecule has 0 saturated carbocycles. The van der Waals surface area contributed by atoms with Crippen LogP contribution in [0.5, 0.6) is 0 Å². The molecule has 2 aromatic carbocycles. The van der Waals surface area contributed by atoms with Crippen LogP contribution in [0, 0.1) is 0 Å². The van der Waals surface area contributed by atoms with E-state index >= 15 is 0 Å². The molecule has 0 unspecified atom stereocenters. The highest BCUT2D eigenvalue weighted by Crippen LogP contribution is 2.30. The zero-order valence-corrected chi connectivity index (χ0v) is 16.5. The summed E-state index contributed by atoms with van der Waals surface area (Å²) in [6.45, 7) is 0. The van der Waals surface area contributed by atoms with E-state index in [4.69, 9.17) is 16.0 Å². The van der Waals surface area contributed by atoms with Gasteiger partial charge in [0.15, 0.2) is 10.9 Å². The van der Waals surface area contributed by atoms with E-state index in [-0.39, 0.29) is 17.6 Å². The highest BCUT2D eigenvalue weighted by molar-refractivity contribution is 7.14. The second kappa shape index (κ2) is 8.30. The molecule has 0 aliphatic carbocycles. The molecule has 0 atom stereocenters. The van der Waals surface area contributed by atoms with Crippen molar-refractivity contribution in [1.29, 1.82) is 0 Å². The van der Waals surface area contributed by atoms with Crippen molar-refractivity contribution in [3.63, 3.8) is 0 Å². The molecule has 8 heteroatoms. The van der Waals surface area contributed by atoms with Crippen molar-refractivity contribution in [2.24, 2.45) is 0 Å². The quantitative estimate of drug-likeness (QED) is 0.440. The average Bonchev–Trinajstić information content (AvgIpc) is 3.41. The third-order valence-corrected chi connectivity index (χ3v) is 5.11. The summed E-state index contributed by atoms with van der Waals surface area (Å²) >= 11 is 7.51. The Hall–Kier alpha value is -3.42. The Bertz CT molecular complexity index is 1150. The number of thiazole rings is 1. The van der Waals surface area contributed by atoms with Crippen molar-refractivity contribution in [2.45, 2.75) is 0 Å². The Balaban J connectivity index is 1.41. The molecular formula is C21H14ClN3O3S. The van der Waals surface area contributed by atoms with Crippen LogP contribution in [0.1, 0.15) is 20.9 Å². The number of nitrogens with zero attached hydrogens (tertiary/aromatic N) is 1. The maximum absolute atomic E-state index is 12.5. The maximum Gasteiger partial charge on any atom is 0.291 e. The second-order valence-corrected chi connectivity index (χ2v) is 7.25. The van der Waals surface area contributed by atoms with Gasteiger partial charge in [0.25, 0.3) is 11.8 Å². The molecular weight excluding hydrogens is 410 g/mol. The van der Waals surface area contributed by atoms with Crippen LogP contribution in [-0.2, 0) is 0 Å². The predicted octanol–water partition coefficient (Wildman–Crippen LogP) is 5.56. The maximum atomic E-state index is 12.5. The molecule has 0 aliphatic rings. The summed E-state index contributed by atoms with van der Waals surface area (Å²) in [7, 11) is 0. The van der Waals surface area contributed by atoms with Crippen LogP contribution in [0.25, 0.3) is 11.3 Å². The molecule has 0 fully saturated rings. The lowest BCUT2D eigenvalue weighted by molar-refractivity contribution is 0.0995. The zero-order chi connectivity index (χ0) is 20.2. The van der Waals surface area contributed by atoms with Crippen molar-refractivity contribution in [1.82, 2.24) is 4.98 Å². The van der Waals surface area contributed by atoms with Gasteiger partial charge in [-0.2, -0.15) is 0 Å². The monoisotopic (exact) mass is 423 g/mol. The Morgan fingerprint density at radius 2 is 1.72 bits per heavy atom. The van der Waals surface area contributed by atoms with Crippen molar-refractivity contribution in [3.8, 4) is 11.3 Å². The van der Waals surface area contributed by atoms with E-state index in [9.17, 15) is 9.59 Å². The molecule has 0 bridgehead atoms. The molecule has 2 aromatic heterocycles. The molecule has 2 amide bonds. The number of nitrogens with one attached hydrogen (secondary N) is 2. The smallest absolute Gasteiger partial charge is 0.291 e. The largest absolute Gasteiger partial charge is 0.459 e. The van der Waals surface area contributed by atoms with Crippen molar-refractivity contribution >= 4 is 45.6 Å². The van der Waals surface area contributed by atoms with Gasteiger partial charge in [-0.15, -0.1) is 11.3 Å². The van der Waals surface area contributed by atoms with E-state index in [0.717, 1.165) is 5.56 Å². The average molecular weight is 424 g/mol. The number of furan rings is 1. The second-order valence-electron chi connectivity index (χ2n) is 5.98. The number of carbonyl (C=O) groups excluding carboxylic acids is 2. The molecule has 0 aliphatic heterocycles. The zero-order valence-electron chi connectivity index (χ0n) is 14.9. The normalized spacial score (nSPS) is 10.5. The minimum atomic E-state index is -0.359. The summed E-state index contributed by atoms with van der Waals surface area (Å²) in [5.74, 6) is -0.444. The molecule has 0 spiro atoms. The van der Waals surface area contributed by atoms with Crippen LogP contribution < -0.4 is 10.6 Å². The first kappa shape index (κ1) is 18.9. The first-order valence-corrected chi connectivity index (χ1v) is 9.82. The number of anilines is 2. The van der Waals surface area contributed by atoms with Crippen LogP contribution in [0.2, 0.25) is 5.02 Å². The van der Waals surface area contributed by atoms with Crippen LogP contribution in [0.15, 0.2) is 76.7 Å². The van der Waals surface area contributed by atoms with Gasteiger partial charge < -0.3 is 9.73 Å². The summed E-state index contributed by atoms with van der Waals surface area (Å²) in [5.41, 5.74) is 2.50. The summed E-state index contributed by atoms with van der Waals surface area (Å²) in [6.07, 6.45) is 1.43. The van der Waals surface area contributed by atoms with E-state index in [1.54, 1.807) is 42.5 Å². The van der Waals surface area contributed by atoms with E-state index in [2.05, 4.69) is 15.6 Å². The predicted molar refractivity (Wildman–Crippen MR) is 114 cm³/mol. The fraction of sp³-hybridized carbons (Fsp3) is 0. The van der Waals surface area contributed by atoms with E-state index < -0.39 is 0 Å². The number of rotatable bonds is 5. The topological polar surface area (TPSA) is 84.2 Å². The lowest BCUT2D eigenvalue weighted by Gasteiger charge is -2.05. The SMILES string of the molecule is O=C(Nc1nc(-c2ccccc2Cl)cs1)c1ccc(NC(=O)c2ccco2)cc1. The lowest BCUT2D eigenvalue weighted by Crippen LogP contribution is -2.13. The Morgan fingerprint density at radius 1 is 0.931 bits per heavy atom. The van der Waals surface area contributed by atoms with Gasteiger partial charge in [-0.05, 0) is 42.5 Å². The Labute approximate surface area is 175 Å². The first-order valence-electron chi connectivity index (χ1n) is 8.57. The van der Waals surface area contributed by atoms with Gasteiger partial charge in [0, 0.05) is 27.2 Å². The number of hydrogen-bond donors (Lipinski definition) is 2. The number of halogens is 1. The van der Waals surface area contributed by atoms with Gasteiger partial charge in [-0.3, -0.25) is 14.9 Å². The molecule has 4 aromatic rings. The molecule has 0 saturated heterocycles. The first-order chi connectivity index (χ1) is 14.1. The van der Waals surface area contributed by atoms with Crippen LogP contribution in [-0.4, -0.2) is 16.8 Å². The minimum Gasteiger partial charge on any atom is -0.459 e. The van der Waals surface area contributed by atoms with Crippen molar-refractivity contribution in [2.75, 3.05) is 10.6 Å². The summed E-state index contributed by atoms with van der Waals surface area (Å²) in [4.78, 5) is 28.9. The fourth-order valence-electron chi connectivity index (χ4n) is 2.60. The van der Waals surface area contributed by atoms with Gasteiger partial charge in [0.1, 0.15) is 0 Å². The number of hydrogen-bond acceptors (Lipinski definition) is 5. The fourth-order valence-corrected chi connectivity index (χ4v) is 3.54. The summed E-state index contributed by atoms with van der Waals surface area (Å²) in [5, 5.41) is 8.38. The molecule has 4 rings (SSSR count). The van der Waals surface area contributed by atoms with Crippen LogP contribution in [0.3, 0.4) is 0 Å². The molecule has 144 valence electrons. The summed E-state index contributed by atoms with van der Waals surface area (Å²) in [6, 6.07) is 17.1. The number of carbonyl (C=O) groups is 2. The molecule has 6 nitrogen and oxygen atoms in total. The van der Waals surface area contributed by atoms with E-state index in [0.29, 0.717) is 27.1 Å². The third-order valence-electron chi connectivity index (χ3n) is 4.02. The Kier molecular flexibility index (Phi) is 5.41. The van der Waals surface area contributed by atoms with Gasteiger partial charge in [-0.1, -0.05) is 29.8 Å². The standard InChI is InChI=1S/C21H14ClN3O3S/c22-16-5-2-1-4-15(16)17-12-29-21(24-17)25-19(26)13-7-9-14(10-8-13)23-20(27)18-6-3-11-28-18/h1-12H,(H,23,27)(H,24,25,26). The number of amides is 2. The summed E-state index contributed by atoms with van der Waals surface area (Å²) < 4.78 is 5.05. The number of aromatic nitrogens is 1. The highest BCUT2D eigenvalue weighted by Gasteiger charge is 2.13. The van der Waals surface area contributed by atoms with Gasteiger partial charge in [-0.25, -0.2) is 4.98 Å². The van der Waals surface area contributed by atoms with Crippen LogP contribution >= 0.6 is 22.9 Å². The highest BCUT2D eigenvalue weighted by atomic mass is 35.5. The van der Waals surface area contributed by atoms with E-state index in [1.807, 2.05) is 23.6 Å². The van der Waals surface area contributed by atoms with Gasteiger partial charge in [0.05, 0.1) is 12.0 Å².